The summed E-state index contributed by atoms with van der Waals surface area (Å²) in [5, 5.41) is 4.15. The molecule has 2 heterocycles. The molecule has 16 heavy (non-hydrogen) atoms. The Morgan fingerprint density at radius 1 is 1.25 bits per heavy atom. The van der Waals surface area contributed by atoms with Crippen LogP contribution in [0.15, 0.2) is 42.7 Å². The van der Waals surface area contributed by atoms with Gasteiger partial charge in [0.05, 0.1) is 6.54 Å². The number of nitrogens with zero attached hydrogens (tertiary/aromatic N) is 2. The van der Waals surface area contributed by atoms with Crippen molar-refractivity contribution in [3.8, 4) is 11.5 Å². The highest BCUT2D eigenvalue weighted by Crippen LogP contribution is 2.31. The van der Waals surface area contributed by atoms with Crippen molar-refractivity contribution in [3.05, 3.63) is 42.7 Å². The van der Waals surface area contributed by atoms with Crippen molar-refractivity contribution in [2.45, 2.75) is 12.6 Å². The molecule has 0 amide bonds. The van der Waals surface area contributed by atoms with E-state index in [1.165, 1.54) is 0 Å². The van der Waals surface area contributed by atoms with Crippen LogP contribution >= 0.6 is 0 Å². The van der Waals surface area contributed by atoms with Crippen molar-refractivity contribution >= 4 is 0 Å². The molecule has 82 valence electrons. The summed E-state index contributed by atoms with van der Waals surface area (Å²) in [5.41, 5.74) is 0. The van der Waals surface area contributed by atoms with Gasteiger partial charge < -0.3 is 9.47 Å². The summed E-state index contributed by atoms with van der Waals surface area (Å²) >= 11 is 0. The highest BCUT2D eigenvalue weighted by molar-refractivity contribution is 5.40. The molecule has 4 nitrogen and oxygen atoms in total. The van der Waals surface area contributed by atoms with Crippen LogP contribution in [0.25, 0.3) is 0 Å². The molecule has 0 saturated carbocycles. The number of benzene rings is 1. The van der Waals surface area contributed by atoms with Gasteiger partial charge in [-0.2, -0.15) is 5.10 Å². The summed E-state index contributed by atoms with van der Waals surface area (Å²) in [6, 6.07) is 9.62. The number of ether oxygens (including phenoxy) is 2. The largest absolute Gasteiger partial charge is 0.486 e. The lowest BCUT2D eigenvalue weighted by Gasteiger charge is -2.26. The molecule has 0 radical (unpaired) electrons. The van der Waals surface area contributed by atoms with Gasteiger partial charge in [0.1, 0.15) is 6.61 Å². The normalized spacial score (nSPS) is 18.4. The van der Waals surface area contributed by atoms with E-state index in [1.54, 1.807) is 6.20 Å². The van der Waals surface area contributed by atoms with Crippen LogP contribution in [0.1, 0.15) is 0 Å². The monoisotopic (exact) mass is 216 g/mol. The first-order valence-corrected chi connectivity index (χ1v) is 5.28. The average molecular weight is 216 g/mol. The Hall–Kier alpha value is -1.97. The van der Waals surface area contributed by atoms with Gasteiger partial charge in [-0.3, -0.25) is 4.68 Å². The van der Waals surface area contributed by atoms with Crippen molar-refractivity contribution in [2.24, 2.45) is 0 Å². The van der Waals surface area contributed by atoms with Crippen molar-refractivity contribution in [2.75, 3.05) is 6.61 Å². The van der Waals surface area contributed by atoms with Gasteiger partial charge in [0.2, 0.25) is 0 Å². The molecule has 0 unspecified atom stereocenters. The summed E-state index contributed by atoms with van der Waals surface area (Å²) in [7, 11) is 0. The maximum absolute atomic E-state index is 5.82. The first kappa shape index (κ1) is 9.27. The topological polar surface area (TPSA) is 36.3 Å². The third kappa shape index (κ3) is 1.74. The summed E-state index contributed by atoms with van der Waals surface area (Å²) in [6.07, 6.45) is 3.71. The van der Waals surface area contributed by atoms with E-state index in [1.807, 2.05) is 41.2 Å². The van der Waals surface area contributed by atoms with E-state index in [-0.39, 0.29) is 6.10 Å². The van der Waals surface area contributed by atoms with Gasteiger partial charge in [-0.15, -0.1) is 0 Å². The van der Waals surface area contributed by atoms with Gasteiger partial charge in [-0.1, -0.05) is 12.1 Å². The fraction of sp³-hybridized carbons (Fsp3) is 0.250. The minimum Gasteiger partial charge on any atom is -0.486 e. The first-order valence-electron chi connectivity index (χ1n) is 5.28. The summed E-state index contributed by atoms with van der Waals surface area (Å²) in [6.45, 7) is 1.28. The smallest absolute Gasteiger partial charge is 0.161 e. The van der Waals surface area contributed by atoms with Gasteiger partial charge in [0, 0.05) is 12.4 Å². The standard InChI is InChI=1S/C12H12N2O2/c1-2-5-12-11(4-1)15-9-10(16-12)8-14-7-3-6-13-14/h1-7,10H,8-9H2/t10-/m1/s1. The second-order valence-corrected chi connectivity index (χ2v) is 3.73. The van der Waals surface area contributed by atoms with E-state index in [2.05, 4.69) is 5.10 Å². The number of rotatable bonds is 2. The van der Waals surface area contributed by atoms with E-state index in [0.29, 0.717) is 13.2 Å². The van der Waals surface area contributed by atoms with Crippen LogP contribution in [0.4, 0.5) is 0 Å². The molecular weight excluding hydrogens is 204 g/mol. The van der Waals surface area contributed by atoms with Crippen molar-refractivity contribution in [3.63, 3.8) is 0 Å². The number of hydrogen-bond donors (Lipinski definition) is 0. The van der Waals surface area contributed by atoms with E-state index >= 15 is 0 Å². The SMILES string of the molecule is c1ccc2c(c1)OC[C@@H](Cn1cccn1)O2. The minimum absolute atomic E-state index is 0.0230. The predicted octanol–water partition coefficient (Wildman–Crippen LogP) is 1.72. The van der Waals surface area contributed by atoms with Crippen LogP contribution in [0, 0.1) is 0 Å². The zero-order chi connectivity index (χ0) is 10.8. The van der Waals surface area contributed by atoms with Gasteiger partial charge in [-0.05, 0) is 18.2 Å². The summed E-state index contributed by atoms with van der Waals surface area (Å²) in [5.74, 6) is 1.63. The second kappa shape index (κ2) is 3.89. The van der Waals surface area contributed by atoms with Crippen LogP contribution in [0.2, 0.25) is 0 Å². The highest BCUT2D eigenvalue weighted by atomic mass is 16.6. The Balaban J connectivity index is 1.73. The van der Waals surface area contributed by atoms with Gasteiger partial charge in [0.15, 0.2) is 17.6 Å². The first-order chi connectivity index (χ1) is 7.92. The molecule has 1 aromatic carbocycles. The number of fused-ring (bicyclic) bond motifs is 1. The van der Waals surface area contributed by atoms with E-state index < -0.39 is 0 Å². The Kier molecular flexibility index (Phi) is 2.25. The average Bonchev–Trinajstić information content (AvgIpc) is 2.82. The fourth-order valence-corrected chi connectivity index (χ4v) is 1.77. The van der Waals surface area contributed by atoms with Crippen LogP contribution in [0.3, 0.4) is 0 Å². The quantitative estimate of drug-likeness (QED) is 0.767. The van der Waals surface area contributed by atoms with Crippen molar-refractivity contribution < 1.29 is 9.47 Å². The summed E-state index contributed by atoms with van der Waals surface area (Å²) < 4.78 is 13.3. The Bertz CT molecular complexity index is 468. The lowest BCUT2D eigenvalue weighted by Crippen LogP contribution is -2.33. The van der Waals surface area contributed by atoms with Crippen LogP contribution in [-0.4, -0.2) is 22.5 Å². The molecule has 1 aliphatic heterocycles. The maximum Gasteiger partial charge on any atom is 0.161 e. The zero-order valence-electron chi connectivity index (χ0n) is 8.74. The molecule has 1 aliphatic rings. The molecule has 4 heteroatoms. The molecule has 0 N–H and O–H groups in total. The van der Waals surface area contributed by atoms with Crippen molar-refractivity contribution in [1.29, 1.82) is 0 Å². The fourth-order valence-electron chi connectivity index (χ4n) is 1.77. The summed E-state index contributed by atoms with van der Waals surface area (Å²) in [4.78, 5) is 0. The molecule has 0 spiro atoms. The van der Waals surface area contributed by atoms with Crippen LogP contribution in [0.5, 0.6) is 11.5 Å². The predicted molar refractivity (Wildman–Crippen MR) is 58.6 cm³/mol. The van der Waals surface area contributed by atoms with Gasteiger partial charge in [-0.25, -0.2) is 0 Å². The molecule has 0 bridgehead atoms. The number of hydrogen-bond acceptors (Lipinski definition) is 3. The third-order valence-electron chi connectivity index (χ3n) is 2.52. The van der Waals surface area contributed by atoms with E-state index in [4.69, 9.17) is 9.47 Å². The Labute approximate surface area is 93.4 Å². The molecule has 2 aromatic rings. The van der Waals surface area contributed by atoms with Gasteiger partial charge >= 0.3 is 0 Å². The molecule has 0 fully saturated rings. The number of aromatic nitrogens is 2. The van der Waals surface area contributed by atoms with Crippen LogP contribution < -0.4 is 9.47 Å². The Morgan fingerprint density at radius 2 is 2.12 bits per heavy atom. The molecule has 0 aliphatic carbocycles. The Morgan fingerprint density at radius 3 is 2.94 bits per heavy atom. The lowest BCUT2D eigenvalue weighted by atomic mass is 10.2. The van der Waals surface area contributed by atoms with Crippen LogP contribution in [-0.2, 0) is 6.54 Å². The molecule has 3 rings (SSSR count). The molecular formula is C12H12N2O2. The van der Waals surface area contributed by atoms with E-state index in [9.17, 15) is 0 Å². The number of para-hydroxylation sites is 2. The lowest BCUT2D eigenvalue weighted by molar-refractivity contribution is 0.0759. The molecule has 1 aromatic heterocycles. The van der Waals surface area contributed by atoms with Gasteiger partial charge in [0.25, 0.3) is 0 Å². The highest BCUT2D eigenvalue weighted by Gasteiger charge is 2.20. The maximum atomic E-state index is 5.82. The zero-order valence-corrected chi connectivity index (χ0v) is 8.74. The second-order valence-electron chi connectivity index (χ2n) is 3.73. The third-order valence-corrected chi connectivity index (χ3v) is 2.52. The van der Waals surface area contributed by atoms with Crippen molar-refractivity contribution in [1.82, 2.24) is 9.78 Å². The molecule has 1 atom stereocenters. The molecule has 0 saturated heterocycles. The minimum atomic E-state index is 0.0230. The van der Waals surface area contributed by atoms with E-state index in [0.717, 1.165) is 11.5 Å².